The van der Waals surface area contributed by atoms with Gasteiger partial charge in [-0.05, 0) is 25.7 Å². The molecule has 1 rings (SSSR count). The predicted octanol–water partition coefficient (Wildman–Crippen LogP) is 8.90. The van der Waals surface area contributed by atoms with Crippen LogP contribution in [0.5, 0.6) is 0 Å². The van der Waals surface area contributed by atoms with Gasteiger partial charge in [0.1, 0.15) is 6.10 Å². The third-order valence-electron chi connectivity index (χ3n) is 7.47. The van der Waals surface area contributed by atoms with Gasteiger partial charge in [-0.2, -0.15) is 0 Å². The molecule has 1 aliphatic carbocycles. The molecule has 1 saturated carbocycles. The van der Waals surface area contributed by atoms with Gasteiger partial charge >= 0.3 is 5.97 Å². The molecule has 0 spiro atoms. The zero-order chi connectivity index (χ0) is 25.2. The first-order valence-electron chi connectivity index (χ1n) is 15.8. The highest BCUT2D eigenvalue weighted by Crippen LogP contribution is 2.18. The maximum absolute atomic E-state index is 12.4. The Morgan fingerprint density at radius 2 is 1.20 bits per heavy atom. The van der Waals surface area contributed by atoms with Crippen LogP contribution in [0.1, 0.15) is 162 Å². The highest BCUT2D eigenvalue weighted by Gasteiger charge is 2.20. The minimum atomic E-state index is -0.148. The molecule has 0 heterocycles. The first kappa shape index (κ1) is 32.4. The van der Waals surface area contributed by atoms with Crippen LogP contribution in [0.25, 0.3) is 0 Å². The lowest BCUT2D eigenvalue weighted by Gasteiger charge is -2.28. The number of nitrogens with one attached hydrogen (secondary N) is 1. The van der Waals surface area contributed by atoms with Crippen molar-refractivity contribution >= 4 is 5.97 Å². The van der Waals surface area contributed by atoms with Gasteiger partial charge in [0.05, 0.1) is 6.61 Å². The van der Waals surface area contributed by atoms with Gasteiger partial charge < -0.3 is 14.8 Å². The molecule has 0 bridgehead atoms. The van der Waals surface area contributed by atoms with E-state index >= 15 is 0 Å². The first-order valence-corrected chi connectivity index (χ1v) is 15.8. The largest absolute Gasteiger partial charge is 0.459 e. The molecule has 0 aromatic carbocycles. The third-order valence-corrected chi connectivity index (χ3v) is 7.47. The van der Waals surface area contributed by atoms with Crippen molar-refractivity contribution in [3.63, 3.8) is 0 Å². The van der Waals surface area contributed by atoms with Crippen molar-refractivity contribution in [1.29, 1.82) is 0 Å². The van der Waals surface area contributed by atoms with Crippen molar-refractivity contribution in [2.24, 2.45) is 0 Å². The number of hydrogen-bond acceptors (Lipinski definition) is 4. The molecule has 1 unspecified atom stereocenters. The Morgan fingerprint density at radius 3 is 1.69 bits per heavy atom. The second-order valence-electron chi connectivity index (χ2n) is 11.0. The molecular weight excluding hydrogens is 434 g/mol. The van der Waals surface area contributed by atoms with Crippen molar-refractivity contribution in [2.75, 3.05) is 19.8 Å². The number of unbranched alkanes of at least 4 members (excludes halogenated alkanes) is 17. The minimum Gasteiger partial charge on any atom is -0.459 e. The minimum absolute atomic E-state index is 0.0455. The fourth-order valence-electron chi connectivity index (χ4n) is 4.78. The van der Waals surface area contributed by atoms with Crippen LogP contribution in [0.15, 0.2) is 0 Å². The fraction of sp³-hybridized carbons (Fsp3) is 0.968. The number of carbonyl (C=O) groups is 1. The number of carbonyl (C=O) groups excluding carboxylic acids is 1. The molecule has 0 saturated heterocycles. The van der Waals surface area contributed by atoms with Gasteiger partial charge in [-0.15, -0.1) is 0 Å². The van der Waals surface area contributed by atoms with Crippen LogP contribution in [0.2, 0.25) is 0 Å². The van der Waals surface area contributed by atoms with Crippen molar-refractivity contribution < 1.29 is 14.3 Å². The summed E-state index contributed by atoms with van der Waals surface area (Å²) in [5.74, 6) is -0.0455. The number of rotatable bonds is 27. The summed E-state index contributed by atoms with van der Waals surface area (Å²) in [5.41, 5.74) is 0. The SMILES string of the molecule is CCCCCCCCCCCCOCC(CNC1CCC1)OC(=O)CCCCCCCCCCC. The summed E-state index contributed by atoms with van der Waals surface area (Å²) < 4.78 is 11.7. The smallest absolute Gasteiger partial charge is 0.306 e. The molecule has 35 heavy (non-hydrogen) atoms. The molecule has 4 heteroatoms. The topological polar surface area (TPSA) is 47.6 Å². The predicted molar refractivity (Wildman–Crippen MR) is 150 cm³/mol. The summed E-state index contributed by atoms with van der Waals surface area (Å²) in [4.78, 5) is 12.4. The molecule has 1 atom stereocenters. The highest BCUT2D eigenvalue weighted by atomic mass is 16.6. The monoisotopic (exact) mass is 495 g/mol. The van der Waals surface area contributed by atoms with E-state index in [-0.39, 0.29) is 12.1 Å². The summed E-state index contributed by atoms with van der Waals surface area (Å²) in [6.45, 7) is 6.58. The maximum atomic E-state index is 12.4. The quantitative estimate of drug-likeness (QED) is 0.0912. The van der Waals surface area contributed by atoms with Crippen LogP contribution < -0.4 is 5.32 Å². The lowest BCUT2D eigenvalue weighted by molar-refractivity contribution is -0.152. The Morgan fingerprint density at radius 1 is 0.714 bits per heavy atom. The van der Waals surface area contributed by atoms with E-state index in [1.807, 2.05) is 0 Å². The van der Waals surface area contributed by atoms with Crippen molar-refractivity contribution in [3.05, 3.63) is 0 Å². The second-order valence-corrected chi connectivity index (χ2v) is 11.0. The van der Waals surface area contributed by atoms with E-state index in [2.05, 4.69) is 19.2 Å². The van der Waals surface area contributed by atoms with Gasteiger partial charge in [0, 0.05) is 25.6 Å². The molecule has 0 aliphatic heterocycles. The zero-order valence-electron chi connectivity index (χ0n) is 23.8. The van der Waals surface area contributed by atoms with Crippen molar-refractivity contribution in [3.8, 4) is 0 Å². The van der Waals surface area contributed by atoms with Crippen LogP contribution in [0, 0.1) is 0 Å². The van der Waals surface area contributed by atoms with E-state index in [9.17, 15) is 4.79 Å². The van der Waals surface area contributed by atoms with Gasteiger partial charge in [0.25, 0.3) is 0 Å². The van der Waals surface area contributed by atoms with Crippen molar-refractivity contribution in [1.82, 2.24) is 5.32 Å². The maximum Gasteiger partial charge on any atom is 0.306 e. The molecule has 208 valence electrons. The molecule has 0 amide bonds. The van der Waals surface area contributed by atoms with Crippen LogP contribution in [-0.4, -0.2) is 37.9 Å². The van der Waals surface area contributed by atoms with E-state index in [0.29, 0.717) is 19.1 Å². The van der Waals surface area contributed by atoms with E-state index in [1.165, 1.54) is 122 Å². The summed E-state index contributed by atoms with van der Waals surface area (Å²) in [5, 5.41) is 3.57. The number of esters is 1. The number of ether oxygens (including phenoxy) is 2. The Labute approximate surface area is 219 Å². The lowest BCUT2D eigenvalue weighted by Crippen LogP contribution is -2.42. The van der Waals surface area contributed by atoms with Gasteiger partial charge in [-0.1, -0.05) is 129 Å². The molecule has 0 radical (unpaired) electrons. The van der Waals surface area contributed by atoms with E-state index in [1.54, 1.807) is 0 Å². The van der Waals surface area contributed by atoms with Crippen LogP contribution >= 0.6 is 0 Å². The molecule has 0 aromatic heterocycles. The fourth-order valence-corrected chi connectivity index (χ4v) is 4.78. The lowest BCUT2D eigenvalue weighted by atomic mass is 9.93. The number of hydrogen-bond donors (Lipinski definition) is 1. The van der Waals surface area contributed by atoms with Crippen molar-refractivity contribution in [2.45, 2.75) is 174 Å². The average Bonchev–Trinajstić information content (AvgIpc) is 2.82. The van der Waals surface area contributed by atoms with Gasteiger partial charge in [-0.3, -0.25) is 4.79 Å². The molecule has 0 aromatic rings. The van der Waals surface area contributed by atoms with E-state index in [0.717, 1.165) is 32.4 Å². The Kier molecular flexibility index (Phi) is 23.2. The summed E-state index contributed by atoms with van der Waals surface area (Å²) in [6.07, 6.45) is 29.0. The van der Waals surface area contributed by atoms with E-state index in [4.69, 9.17) is 9.47 Å². The third kappa shape index (κ3) is 21.2. The van der Waals surface area contributed by atoms with Gasteiger partial charge in [0.2, 0.25) is 0 Å². The normalized spacial score (nSPS) is 14.7. The molecule has 1 N–H and O–H groups in total. The van der Waals surface area contributed by atoms with Crippen LogP contribution in [-0.2, 0) is 14.3 Å². The summed E-state index contributed by atoms with van der Waals surface area (Å²) >= 11 is 0. The standard InChI is InChI=1S/C31H61NO3/c1-3-5-7-9-11-13-15-17-19-21-26-34-28-30(27-32-29-23-22-24-29)35-31(33)25-20-18-16-14-12-10-8-6-4-2/h29-30,32H,3-28H2,1-2H3. The Hall–Kier alpha value is -0.610. The van der Waals surface area contributed by atoms with Gasteiger partial charge in [-0.25, -0.2) is 0 Å². The highest BCUT2D eigenvalue weighted by molar-refractivity contribution is 5.69. The van der Waals surface area contributed by atoms with Gasteiger partial charge in [0.15, 0.2) is 0 Å². The van der Waals surface area contributed by atoms with Crippen LogP contribution in [0.4, 0.5) is 0 Å². The molecule has 1 aliphatic rings. The van der Waals surface area contributed by atoms with Crippen LogP contribution in [0.3, 0.4) is 0 Å². The molecule has 1 fully saturated rings. The van der Waals surface area contributed by atoms with E-state index < -0.39 is 0 Å². The Bertz CT molecular complexity index is 453. The zero-order valence-corrected chi connectivity index (χ0v) is 23.8. The first-order chi connectivity index (χ1) is 17.3. The average molecular weight is 496 g/mol. The summed E-state index contributed by atoms with van der Waals surface area (Å²) in [7, 11) is 0. The molecule has 4 nitrogen and oxygen atoms in total. The molecular formula is C31H61NO3. The second kappa shape index (κ2) is 25.1. The Balaban J connectivity index is 2.05. The summed E-state index contributed by atoms with van der Waals surface area (Å²) in [6, 6.07) is 0.607.